The summed E-state index contributed by atoms with van der Waals surface area (Å²) in [6.45, 7) is 7.37. The van der Waals surface area contributed by atoms with Gasteiger partial charge in [-0.2, -0.15) is 0 Å². The Bertz CT molecular complexity index is 236. The largest absolute Gasteiger partial charge is 0.342 e. The molecule has 3 heteroatoms. The van der Waals surface area contributed by atoms with Crippen molar-refractivity contribution in [1.29, 1.82) is 0 Å². The number of nitrogens with zero attached hydrogens (tertiary/aromatic N) is 1. The first-order valence-electron chi connectivity index (χ1n) is 6.22. The predicted octanol–water partition coefficient (Wildman–Crippen LogP) is 1.24. The van der Waals surface area contributed by atoms with Gasteiger partial charge in [-0.05, 0) is 38.6 Å². The maximum atomic E-state index is 12.3. The van der Waals surface area contributed by atoms with E-state index in [0.717, 1.165) is 26.1 Å². The van der Waals surface area contributed by atoms with E-state index in [-0.39, 0.29) is 5.92 Å². The number of amides is 1. The van der Waals surface area contributed by atoms with Gasteiger partial charge in [0.2, 0.25) is 5.91 Å². The average molecular weight is 210 g/mol. The zero-order valence-electron chi connectivity index (χ0n) is 9.83. The lowest BCUT2D eigenvalue weighted by Crippen LogP contribution is -2.48. The van der Waals surface area contributed by atoms with Crippen molar-refractivity contribution in [2.75, 3.05) is 19.6 Å². The van der Waals surface area contributed by atoms with Crippen LogP contribution in [0.1, 0.15) is 33.1 Å². The monoisotopic (exact) mass is 210 g/mol. The second-order valence-corrected chi connectivity index (χ2v) is 5.03. The van der Waals surface area contributed by atoms with Crippen LogP contribution in [0.15, 0.2) is 0 Å². The van der Waals surface area contributed by atoms with E-state index in [4.69, 9.17) is 0 Å². The quantitative estimate of drug-likeness (QED) is 0.706. The highest BCUT2D eigenvalue weighted by atomic mass is 16.2. The maximum absolute atomic E-state index is 12.3. The number of rotatable bonds is 1. The molecule has 0 aromatic heterocycles. The normalized spacial score (nSPS) is 36.9. The lowest BCUT2D eigenvalue weighted by molar-refractivity contribution is -0.137. The summed E-state index contributed by atoms with van der Waals surface area (Å²) < 4.78 is 0. The number of piperidine rings is 1. The van der Waals surface area contributed by atoms with Crippen LogP contribution in [0.4, 0.5) is 0 Å². The van der Waals surface area contributed by atoms with E-state index in [0.29, 0.717) is 17.9 Å². The molecular weight excluding hydrogens is 188 g/mol. The summed E-state index contributed by atoms with van der Waals surface area (Å²) in [4.78, 5) is 14.3. The van der Waals surface area contributed by atoms with E-state index in [9.17, 15) is 4.79 Å². The molecule has 1 N–H and O–H groups in total. The first kappa shape index (κ1) is 10.9. The van der Waals surface area contributed by atoms with Gasteiger partial charge in [-0.3, -0.25) is 4.79 Å². The summed E-state index contributed by atoms with van der Waals surface area (Å²) >= 11 is 0. The van der Waals surface area contributed by atoms with Crippen molar-refractivity contribution in [3.05, 3.63) is 0 Å². The van der Waals surface area contributed by atoms with Crippen molar-refractivity contribution >= 4 is 5.91 Å². The first-order valence-corrected chi connectivity index (χ1v) is 6.22. The van der Waals surface area contributed by atoms with Crippen molar-refractivity contribution in [1.82, 2.24) is 10.2 Å². The average Bonchev–Trinajstić information content (AvgIpc) is 2.74. The highest BCUT2D eigenvalue weighted by Crippen LogP contribution is 2.26. The third-order valence-electron chi connectivity index (χ3n) is 4.08. The van der Waals surface area contributed by atoms with Gasteiger partial charge in [0.15, 0.2) is 0 Å². The van der Waals surface area contributed by atoms with Crippen LogP contribution in [-0.4, -0.2) is 36.5 Å². The Morgan fingerprint density at radius 2 is 1.93 bits per heavy atom. The molecule has 0 spiro atoms. The van der Waals surface area contributed by atoms with Crippen LogP contribution < -0.4 is 5.32 Å². The SMILES string of the molecule is CC1NCCC(C(=O)N2CCCC2)C1C. The van der Waals surface area contributed by atoms with E-state index >= 15 is 0 Å². The van der Waals surface area contributed by atoms with Gasteiger partial charge in [0.05, 0.1) is 0 Å². The molecule has 1 amide bonds. The maximum Gasteiger partial charge on any atom is 0.226 e. The Morgan fingerprint density at radius 3 is 2.60 bits per heavy atom. The van der Waals surface area contributed by atoms with Gasteiger partial charge in [-0.15, -0.1) is 0 Å². The third kappa shape index (κ3) is 2.17. The lowest BCUT2D eigenvalue weighted by Gasteiger charge is -2.36. The topological polar surface area (TPSA) is 32.3 Å². The summed E-state index contributed by atoms with van der Waals surface area (Å²) in [5.41, 5.74) is 0. The molecular formula is C12H22N2O. The van der Waals surface area contributed by atoms with Crippen LogP contribution in [0, 0.1) is 11.8 Å². The van der Waals surface area contributed by atoms with Gasteiger partial charge >= 0.3 is 0 Å². The molecule has 2 rings (SSSR count). The molecule has 2 aliphatic rings. The van der Waals surface area contributed by atoms with Crippen molar-refractivity contribution in [3.63, 3.8) is 0 Å². The zero-order valence-corrected chi connectivity index (χ0v) is 9.83. The van der Waals surface area contributed by atoms with Gasteiger partial charge in [-0.25, -0.2) is 0 Å². The number of carbonyl (C=O) groups excluding carboxylic acids is 1. The molecule has 0 aromatic rings. The zero-order chi connectivity index (χ0) is 10.8. The Morgan fingerprint density at radius 1 is 1.27 bits per heavy atom. The fourth-order valence-electron chi connectivity index (χ4n) is 2.78. The smallest absolute Gasteiger partial charge is 0.226 e. The van der Waals surface area contributed by atoms with Crippen molar-refractivity contribution in [2.45, 2.75) is 39.2 Å². The van der Waals surface area contributed by atoms with Crippen LogP contribution in [0.2, 0.25) is 0 Å². The highest BCUT2D eigenvalue weighted by molar-refractivity contribution is 5.79. The molecule has 3 atom stereocenters. The van der Waals surface area contributed by atoms with Crippen molar-refractivity contribution < 1.29 is 4.79 Å². The molecule has 86 valence electrons. The molecule has 2 heterocycles. The summed E-state index contributed by atoms with van der Waals surface area (Å²) in [7, 11) is 0. The molecule has 0 radical (unpaired) electrons. The number of carbonyl (C=O) groups is 1. The second kappa shape index (κ2) is 4.52. The fraction of sp³-hybridized carbons (Fsp3) is 0.917. The summed E-state index contributed by atoms with van der Waals surface area (Å²) in [5, 5.41) is 3.44. The minimum absolute atomic E-state index is 0.263. The summed E-state index contributed by atoms with van der Waals surface area (Å²) in [5.74, 6) is 1.15. The van der Waals surface area contributed by atoms with Crippen molar-refractivity contribution in [3.8, 4) is 0 Å². The van der Waals surface area contributed by atoms with Crippen LogP contribution in [0.3, 0.4) is 0 Å². The second-order valence-electron chi connectivity index (χ2n) is 5.03. The molecule has 0 saturated carbocycles. The number of likely N-dealkylation sites (tertiary alicyclic amines) is 1. The fourth-order valence-corrected chi connectivity index (χ4v) is 2.78. The van der Waals surface area contributed by atoms with Crippen LogP contribution in [0.5, 0.6) is 0 Å². The van der Waals surface area contributed by atoms with Crippen LogP contribution in [0.25, 0.3) is 0 Å². The molecule has 3 nitrogen and oxygen atoms in total. The molecule has 0 aromatic carbocycles. The molecule has 2 aliphatic heterocycles. The third-order valence-corrected chi connectivity index (χ3v) is 4.08. The lowest BCUT2D eigenvalue weighted by atomic mass is 9.82. The van der Waals surface area contributed by atoms with E-state index < -0.39 is 0 Å². The standard InChI is InChI=1S/C12H22N2O/c1-9-10(2)13-6-5-11(9)12(15)14-7-3-4-8-14/h9-11,13H,3-8H2,1-2H3. The number of nitrogens with one attached hydrogen (secondary N) is 1. The Kier molecular flexibility index (Phi) is 3.29. The minimum Gasteiger partial charge on any atom is -0.342 e. The summed E-state index contributed by atoms with van der Waals surface area (Å²) in [6.07, 6.45) is 3.40. The van der Waals surface area contributed by atoms with Gasteiger partial charge < -0.3 is 10.2 Å². The van der Waals surface area contributed by atoms with Gasteiger partial charge in [0.25, 0.3) is 0 Å². The van der Waals surface area contributed by atoms with E-state index in [1.54, 1.807) is 0 Å². The predicted molar refractivity (Wildman–Crippen MR) is 60.5 cm³/mol. The Labute approximate surface area is 92.2 Å². The van der Waals surface area contributed by atoms with E-state index in [1.807, 2.05) is 0 Å². The molecule has 2 fully saturated rings. The Hall–Kier alpha value is -0.570. The minimum atomic E-state index is 0.263. The van der Waals surface area contributed by atoms with Gasteiger partial charge in [0.1, 0.15) is 0 Å². The van der Waals surface area contributed by atoms with Gasteiger partial charge in [0, 0.05) is 25.0 Å². The Balaban J connectivity index is 1.98. The van der Waals surface area contributed by atoms with Crippen molar-refractivity contribution in [2.24, 2.45) is 11.8 Å². The molecule has 2 saturated heterocycles. The number of hydrogen-bond donors (Lipinski definition) is 1. The number of hydrogen-bond acceptors (Lipinski definition) is 2. The van der Waals surface area contributed by atoms with E-state index in [2.05, 4.69) is 24.1 Å². The molecule has 0 bridgehead atoms. The summed E-state index contributed by atoms with van der Waals surface area (Å²) in [6, 6.07) is 0.482. The molecule has 3 unspecified atom stereocenters. The van der Waals surface area contributed by atoms with Gasteiger partial charge in [-0.1, -0.05) is 6.92 Å². The van der Waals surface area contributed by atoms with E-state index in [1.165, 1.54) is 12.8 Å². The molecule has 0 aliphatic carbocycles. The first-order chi connectivity index (χ1) is 7.20. The molecule has 15 heavy (non-hydrogen) atoms. The van der Waals surface area contributed by atoms with Crippen LogP contribution in [-0.2, 0) is 4.79 Å². The van der Waals surface area contributed by atoms with Crippen LogP contribution >= 0.6 is 0 Å². The highest BCUT2D eigenvalue weighted by Gasteiger charge is 2.35.